The van der Waals surface area contributed by atoms with Gasteiger partial charge in [-0.1, -0.05) is 30.3 Å². The first-order valence-electron chi connectivity index (χ1n) is 4.46. The minimum Gasteiger partial charge on any atom is -0.368 e. The number of nitrogens with zero attached hydrogens (tertiary/aromatic N) is 4. The molecule has 0 aliphatic carbocycles. The number of anilines is 1. The zero-order chi connectivity index (χ0) is 10.3. The summed E-state index contributed by atoms with van der Waals surface area (Å²) in [4.78, 5) is 3.97. The van der Waals surface area contributed by atoms with E-state index in [1.807, 2.05) is 30.3 Å². The van der Waals surface area contributed by atoms with E-state index in [0.29, 0.717) is 17.6 Å². The molecule has 0 bridgehead atoms. The molecule has 15 heavy (non-hydrogen) atoms. The molecule has 0 aliphatic rings. The van der Waals surface area contributed by atoms with Crippen LogP contribution in [0, 0.1) is 0 Å². The molecule has 1 aromatic carbocycles. The highest BCUT2D eigenvalue weighted by Crippen LogP contribution is 2.16. The quantitative estimate of drug-likeness (QED) is 0.605. The minimum atomic E-state index is 0.331. The van der Waals surface area contributed by atoms with Crippen molar-refractivity contribution in [1.82, 2.24) is 24.8 Å². The molecular weight excluding hydrogens is 192 g/mol. The van der Waals surface area contributed by atoms with Crippen LogP contribution in [0.3, 0.4) is 0 Å². The van der Waals surface area contributed by atoms with Crippen LogP contribution in [0.4, 0.5) is 5.95 Å². The van der Waals surface area contributed by atoms with E-state index in [4.69, 9.17) is 5.73 Å². The Kier molecular flexibility index (Phi) is 1.49. The number of aromatic nitrogens is 5. The van der Waals surface area contributed by atoms with Crippen LogP contribution in [0.5, 0.6) is 0 Å². The lowest BCUT2D eigenvalue weighted by Crippen LogP contribution is -1.92. The fourth-order valence-electron chi connectivity index (χ4n) is 1.47. The Labute approximate surface area is 84.8 Å². The lowest BCUT2D eigenvalue weighted by atomic mass is 10.2. The number of aromatic amines is 1. The Balaban J connectivity index is 2.27. The third kappa shape index (κ3) is 1.15. The maximum atomic E-state index is 5.53. The number of H-pyrrole nitrogens is 1. The van der Waals surface area contributed by atoms with Gasteiger partial charge in [0, 0.05) is 5.56 Å². The zero-order valence-corrected chi connectivity index (χ0v) is 7.75. The molecular formula is C9H8N6. The molecule has 0 fully saturated rings. The predicted molar refractivity (Wildman–Crippen MR) is 55.0 cm³/mol. The largest absolute Gasteiger partial charge is 0.368 e. The van der Waals surface area contributed by atoms with Crippen LogP contribution in [-0.4, -0.2) is 24.8 Å². The fourth-order valence-corrected chi connectivity index (χ4v) is 1.47. The van der Waals surface area contributed by atoms with E-state index in [-0.39, 0.29) is 0 Å². The van der Waals surface area contributed by atoms with Crippen molar-refractivity contribution in [3.8, 4) is 11.4 Å². The van der Waals surface area contributed by atoms with Gasteiger partial charge in [0.15, 0.2) is 5.82 Å². The summed E-state index contributed by atoms with van der Waals surface area (Å²) in [5, 5.41) is 10.8. The van der Waals surface area contributed by atoms with Gasteiger partial charge in [-0.2, -0.15) is 9.50 Å². The zero-order valence-electron chi connectivity index (χ0n) is 7.75. The molecule has 3 aromatic rings. The number of hydrogen-bond acceptors (Lipinski definition) is 4. The van der Waals surface area contributed by atoms with Gasteiger partial charge in [-0.15, -0.1) is 10.2 Å². The molecule has 0 amide bonds. The van der Waals surface area contributed by atoms with E-state index in [1.54, 1.807) is 4.52 Å². The van der Waals surface area contributed by atoms with Crippen LogP contribution in [-0.2, 0) is 0 Å². The van der Waals surface area contributed by atoms with E-state index >= 15 is 0 Å². The average molecular weight is 200 g/mol. The molecule has 0 saturated heterocycles. The van der Waals surface area contributed by atoms with Crippen molar-refractivity contribution in [2.45, 2.75) is 0 Å². The summed E-state index contributed by atoms with van der Waals surface area (Å²) in [6.45, 7) is 0. The number of rotatable bonds is 1. The first-order valence-corrected chi connectivity index (χ1v) is 4.46. The lowest BCUT2D eigenvalue weighted by molar-refractivity contribution is 0.972. The number of nitrogens with two attached hydrogens (primary N) is 1. The summed E-state index contributed by atoms with van der Waals surface area (Å²) >= 11 is 0. The van der Waals surface area contributed by atoms with E-state index in [9.17, 15) is 0 Å². The third-order valence-electron chi connectivity index (χ3n) is 2.12. The Morgan fingerprint density at radius 1 is 1.13 bits per heavy atom. The average Bonchev–Trinajstić information content (AvgIpc) is 2.77. The molecule has 0 saturated carbocycles. The molecule has 74 valence electrons. The predicted octanol–water partition coefficient (Wildman–Crippen LogP) is 0.702. The Hall–Kier alpha value is -2.37. The monoisotopic (exact) mass is 200 g/mol. The minimum absolute atomic E-state index is 0.331. The van der Waals surface area contributed by atoms with Crippen molar-refractivity contribution in [2.24, 2.45) is 0 Å². The Morgan fingerprint density at radius 2 is 1.93 bits per heavy atom. The topological polar surface area (TPSA) is 84.9 Å². The van der Waals surface area contributed by atoms with Gasteiger partial charge in [0.1, 0.15) is 0 Å². The first kappa shape index (κ1) is 7.98. The van der Waals surface area contributed by atoms with Crippen molar-refractivity contribution < 1.29 is 0 Å². The second-order valence-corrected chi connectivity index (χ2v) is 3.13. The van der Waals surface area contributed by atoms with Crippen LogP contribution in [0.15, 0.2) is 30.3 Å². The maximum Gasteiger partial charge on any atom is 0.273 e. The molecule has 0 radical (unpaired) electrons. The SMILES string of the molecule is Nc1nc2nnc(-c3ccccc3)n2[nH]1. The second kappa shape index (κ2) is 2.81. The first-order chi connectivity index (χ1) is 7.34. The van der Waals surface area contributed by atoms with Crippen molar-refractivity contribution in [3.05, 3.63) is 30.3 Å². The number of benzene rings is 1. The Bertz CT molecular complexity index is 593. The van der Waals surface area contributed by atoms with Crippen molar-refractivity contribution >= 4 is 11.7 Å². The van der Waals surface area contributed by atoms with Crippen LogP contribution in [0.25, 0.3) is 17.2 Å². The van der Waals surface area contributed by atoms with Gasteiger partial charge in [-0.25, -0.2) is 0 Å². The second-order valence-electron chi connectivity index (χ2n) is 3.13. The van der Waals surface area contributed by atoms with Crippen molar-refractivity contribution in [1.29, 1.82) is 0 Å². The molecule has 0 aliphatic heterocycles. The highest BCUT2D eigenvalue weighted by molar-refractivity contribution is 5.57. The molecule has 2 heterocycles. The van der Waals surface area contributed by atoms with Gasteiger partial charge < -0.3 is 5.73 Å². The van der Waals surface area contributed by atoms with E-state index in [1.165, 1.54) is 0 Å². The summed E-state index contributed by atoms with van der Waals surface area (Å²) in [5.41, 5.74) is 6.49. The summed E-state index contributed by atoms with van der Waals surface area (Å²) in [6.07, 6.45) is 0. The molecule has 6 heteroatoms. The molecule has 2 aromatic heterocycles. The van der Waals surface area contributed by atoms with Gasteiger partial charge in [0.25, 0.3) is 5.78 Å². The van der Waals surface area contributed by atoms with Crippen LogP contribution < -0.4 is 5.73 Å². The highest BCUT2D eigenvalue weighted by atomic mass is 15.4. The number of nitrogens with one attached hydrogen (secondary N) is 1. The number of fused-ring (bicyclic) bond motifs is 1. The number of nitrogen functional groups attached to an aromatic ring is 1. The van der Waals surface area contributed by atoms with Gasteiger partial charge in [0.2, 0.25) is 5.95 Å². The van der Waals surface area contributed by atoms with Crippen molar-refractivity contribution in [3.63, 3.8) is 0 Å². The fraction of sp³-hybridized carbons (Fsp3) is 0. The van der Waals surface area contributed by atoms with E-state index in [2.05, 4.69) is 20.3 Å². The normalized spacial score (nSPS) is 10.9. The highest BCUT2D eigenvalue weighted by Gasteiger charge is 2.10. The van der Waals surface area contributed by atoms with E-state index in [0.717, 1.165) is 5.56 Å². The summed E-state index contributed by atoms with van der Waals surface area (Å²) in [6, 6.07) is 9.73. The molecule has 3 rings (SSSR count). The van der Waals surface area contributed by atoms with Gasteiger partial charge >= 0.3 is 0 Å². The maximum absolute atomic E-state index is 5.53. The standard InChI is InChI=1S/C9H8N6/c10-8-11-9-13-12-7(15(9)14-8)6-4-2-1-3-5-6/h1-5H,(H3,10,11,13,14). The molecule has 0 unspecified atom stereocenters. The molecule has 3 N–H and O–H groups in total. The third-order valence-corrected chi connectivity index (χ3v) is 2.12. The van der Waals surface area contributed by atoms with Gasteiger partial charge in [0.05, 0.1) is 0 Å². The van der Waals surface area contributed by atoms with Crippen LogP contribution in [0.2, 0.25) is 0 Å². The summed E-state index contributed by atoms with van der Waals surface area (Å²) in [5.74, 6) is 1.51. The van der Waals surface area contributed by atoms with Crippen LogP contribution in [0.1, 0.15) is 0 Å². The molecule has 0 atom stereocenters. The molecule has 6 nitrogen and oxygen atoms in total. The van der Waals surface area contributed by atoms with Gasteiger partial charge in [-0.3, -0.25) is 5.10 Å². The Morgan fingerprint density at radius 3 is 2.73 bits per heavy atom. The smallest absolute Gasteiger partial charge is 0.273 e. The van der Waals surface area contributed by atoms with Crippen molar-refractivity contribution in [2.75, 3.05) is 5.73 Å². The molecule has 0 spiro atoms. The lowest BCUT2D eigenvalue weighted by Gasteiger charge is -1.95. The summed E-state index contributed by atoms with van der Waals surface area (Å²) in [7, 11) is 0. The number of hydrogen-bond donors (Lipinski definition) is 2. The van der Waals surface area contributed by atoms with E-state index < -0.39 is 0 Å². The summed E-state index contributed by atoms with van der Waals surface area (Å²) < 4.78 is 1.66. The van der Waals surface area contributed by atoms with Gasteiger partial charge in [-0.05, 0) is 0 Å². The van der Waals surface area contributed by atoms with Crippen LogP contribution >= 0.6 is 0 Å².